The number of ether oxygens (including phenoxy) is 3. The van der Waals surface area contributed by atoms with Gasteiger partial charge in [0.05, 0.1) is 17.1 Å². The monoisotopic (exact) mass is 440 g/mol. The van der Waals surface area contributed by atoms with Gasteiger partial charge in [-0.05, 0) is 54.1 Å². The van der Waals surface area contributed by atoms with Crippen molar-refractivity contribution in [1.82, 2.24) is 0 Å². The second-order valence-electron chi connectivity index (χ2n) is 5.49. The van der Waals surface area contributed by atoms with Crippen molar-refractivity contribution >= 4 is 33.7 Å². The first-order chi connectivity index (χ1) is 11.5. The summed E-state index contributed by atoms with van der Waals surface area (Å²) in [4.78, 5) is 10.7. The lowest BCUT2D eigenvalue weighted by atomic mass is 10.2. The smallest absolute Gasteiger partial charge is 0.416 e. The molecule has 2 unspecified atom stereocenters. The van der Waals surface area contributed by atoms with Gasteiger partial charge in [-0.15, -0.1) is 0 Å². The maximum atomic E-state index is 12.7. The highest BCUT2D eigenvalue weighted by atomic mass is 79.9. The fourth-order valence-corrected chi connectivity index (χ4v) is 3.70. The van der Waals surface area contributed by atoms with Crippen molar-refractivity contribution in [3.63, 3.8) is 0 Å². The number of halogens is 4. The third kappa shape index (κ3) is 5.15. The van der Waals surface area contributed by atoms with Crippen LogP contribution >= 0.6 is 27.7 Å². The minimum Gasteiger partial charge on any atom is -0.467 e. The predicted octanol–water partition coefficient (Wildman–Crippen LogP) is 5.12. The molecule has 1 aliphatic heterocycles. The molecule has 2 rings (SSSR count). The number of rotatable bonds is 5. The molecule has 1 aromatic carbocycles. The number of carbonyl (C=O) groups is 1. The van der Waals surface area contributed by atoms with Crippen LogP contribution in [0.3, 0.4) is 0 Å². The normalized spacial score (nSPS) is 21.6. The minimum atomic E-state index is -4.42. The highest BCUT2D eigenvalue weighted by Crippen LogP contribution is 2.45. The van der Waals surface area contributed by atoms with Crippen LogP contribution in [0, 0.1) is 0 Å². The molecule has 0 bridgehead atoms. The van der Waals surface area contributed by atoms with Crippen molar-refractivity contribution in [2.24, 2.45) is 0 Å². The maximum absolute atomic E-state index is 12.7. The minimum absolute atomic E-state index is 0.196. The second-order valence-corrected chi connectivity index (χ2v) is 7.82. The van der Waals surface area contributed by atoms with Crippen molar-refractivity contribution in [2.75, 3.05) is 7.11 Å². The Morgan fingerprint density at radius 1 is 1.40 bits per heavy atom. The first kappa shape index (κ1) is 20.1. The Morgan fingerprint density at radius 3 is 2.64 bits per heavy atom. The molecule has 0 radical (unpaired) electrons. The lowest BCUT2D eigenvalue weighted by molar-refractivity contribution is -0.157. The highest BCUT2D eigenvalue weighted by Gasteiger charge is 2.37. The Bertz CT molecular complexity index is 692. The zero-order valence-corrected chi connectivity index (χ0v) is 16.0. The van der Waals surface area contributed by atoms with Crippen molar-refractivity contribution in [1.29, 1.82) is 0 Å². The third-order valence-corrected chi connectivity index (χ3v) is 5.15. The van der Waals surface area contributed by atoms with Crippen LogP contribution in [-0.4, -0.2) is 24.1 Å². The summed E-state index contributed by atoms with van der Waals surface area (Å²) in [6, 6.07) is 3.17. The van der Waals surface area contributed by atoms with Crippen molar-refractivity contribution in [2.45, 2.75) is 37.5 Å². The van der Waals surface area contributed by atoms with Crippen LogP contribution in [0.5, 0.6) is 5.75 Å². The van der Waals surface area contributed by atoms with E-state index in [2.05, 4.69) is 20.7 Å². The largest absolute Gasteiger partial charge is 0.467 e. The number of alkyl halides is 3. The van der Waals surface area contributed by atoms with Crippen molar-refractivity contribution < 1.29 is 32.2 Å². The van der Waals surface area contributed by atoms with Gasteiger partial charge in [0.2, 0.25) is 0 Å². The van der Waals surface area contributed by atoms with Gasteiger partial charge in [0, 0.05) is 6.42 Å². The molecule has 25 heavy (non-hydrogen) atoms. The molecule has 0 spiro atoms. The topological polar surface area (TPSA) is 44.8 Å². The maximum Gasteiger partial charge on any atom is 0.416 e. The molecule has 0 amide bonds. The molecule has 0 aromatic heterocycles. The van der Waals surface area contributed by atoms with Crippen LogP contribution < -0.4 is 4.74 Å². The number of carbonyl (C=O) groups excluding carboxylic acids is 1. The Kier molecular flexibility index (Phi) is 6.11. The average molecular weight is 441 g/mol. The molecule has 2 atom stereocenters. The number of hydrogen-bond acceptors (Lipinski definition) is 5. The average Bonchev–Trinajstić information content (AvgIpc) is 2.88. The quantitative estimate of drug-likeness (QED) is 0.594. The summed E-state index contributed by atoms with van der Waals surface area (Å²) in [5, 5.41) is 0.486. The molecule has 1 aromatic rings. The fourth-order valence-electron chi connectivity index (χ4n) is 2.16. The van der Waals surface area contributed by atoms with E-state index in [1.165, 1.54) is 24.9 Å². The Labute approximate surface area is 155 Å². The van der Waals surface area contributed by atoms with Gasteiger partial charge in [-0.3, -0.25) is 0 Å². The molecule has 4 nitrogen and oxygen atoms in total. The van der Waals surface area contributed by atoms with E-state index in [0.29, 0.717) is 11.5 Å². The molecule has 1 aliphatic rings. The van der Waals surface area contributed by atoms with Gasteiger partial charge < -0.3 is 14.2 Å². The zero-order chi connectivity index (χ0) is 18.8. The van der Waals surface area contributed by atoms with Crippen molar-refractivity contribution in [3.05, 3.63) is 39.4 Å². The zero-order valence-electron chi connectivity index (χ0n) is 13.6. The van der Waals surface area contributed by atoms with Gasteiger partial charge in [-0.25, -0.2) is 4.79 Å². The highest BCUT2D eigenvalue weighted by molar-refractivity contribution is 9.10. The Hall–Kier alpha value is -1.19. The van der Waals surface area contributed by atoms with Crippen LogP contribution in [0.2, 0.25) is 0 Å². The van der Waals surface area contributed by atoms with Crippen LogP contribution in [0.25, 0.3) is 0 Å². The Balaban J connectivity index is 2.02. The molecule has 0 fully saturated rings. The predicted molar refractivity (Wildman–Crippen MR) is 91.0 cm³/mol. The van der Waals surface area contributed by atoms with Crippen LogP contribution in [-0.2, 0) is 20.4 Å². The molecule has 0 saturated carbocycles. The fraction of sp³-hybridized carbons (Fsp3) is 0.438. The van der Waals surface area contributed by atoms with Gasteiger partial charge in [0.15, 0.2) is 11.2 Å². The van der Waals surface area contributed by atoms with E-state index in [9.17, 15) is 18.0 Å². The number of benzene rings is 1. The summed E-state index contributed by atoms with van der Waals surface area (Å²) in [5.74, 6) is -0.223. The molecular formula is C16H16BrF3O4S. The molecule has 0 aliphatic carbocycles. The number of thioether (sulfide) groups is 1. The Morgan fingerprint density at radius 2 is 2.08 bits per heavy atom. The first-order valence-corrected chi connectivity index (χ1v) is 8.84. The van der Waals surface area contributed by atoms with E-state index in [1.54, 1.807) is 19.9 Å². The molecule has 1 heterocycles. The summed E-state index contributed by atoms with van der Waals surface area (Å²) >= 11 is 4.34. The standard InChI is InChI=1S/C16H16BrF3O4S/c1-9(14(21)22-3)24-15(2)7-6-13(25-15)23-12-5-4-10(8-11(12)17)16(18,19)20/h4-6,8-9H,7H2,1-3H3. The van der Waals surface area contributed by atoms with Gasteiger partial charge >= 0.3 is 12.1 Å². The summed E-state index contributed by atoms with van der Waals surface area (Å²) in [6.07, 6.45) is -2.92. The number of methoxy groups -OCH3 is 1. The number of esters is 1. The molecule has 0 saturated heterocycles. The van der Waals surface area contributed by atoms with Crippen molar-refractivity contribution in [3.8, 4) is 5.75 Å². The van der Waals surface area contributed by atoms with Gasteiger partial charge in [0.1, 0.15) is 10.7 Å². The molecule has 0 N–H and O–H groups in total. The van der Waals surface area contributed by atoms with E-state index in [4.69, 9.17) is 9.47 Å². The van der Waals surface area contributed by atoms with E-state index in [0.717, 1.165) is 12.1 Å². The number of hydrogen-bond donors (Lipinski definition) is 0. The third-order valence-electron chi connectivity index (χ3n) is 3.38. The van der Waals surface area contributed by atoms with E-state index >= 15 is 0 Å². The molecule has 9 heteroatoms. The van der Waals surface area contributed by atoms with Gasteiger partial charge in [0.25, 0.3) is 0 Å². The SMILES string of the molecule is COC(=O)C(C)OC1(C)CC=C(Oc2ccc(C(F)(F)F)cc2Br)S1. The first-order valence-electron chi connectivity index (χ1n) is 7.23. The van der Waals surface area contributed by atoms with Gasteiger partial charge in [-0.2, -0.15) is 13.2 Å². The van der Waals surface area contributed by atoms with Crippen LogP contribution in [0.1, 0.15) is 25.8 Å². The summed E-state index contributed by atoms with van der Waals surface area (Å²) in [6.45, 7) is 3.38. The summed E-state index contributed by atoms with van der Waals surface area (Å²) in [5.41, 5.74) is -0.764. The van der Waals surface area contributed by atoms with E-state index in [1.807, 2.05) is 0 Å². The summed E-state index contributed by atoms with van der Waals surface area (Å²) in [7, 11) is 1.28. The van der Waals surface area contributed by atoms with Crippen LogP contribution in [0.15, 0.2) is 33.8 Å². The molecule has 138 valence electrons. The van der Waals surface area contributed by atoms with Crippen LogP contribution in [0.4, 0.5) is 13.2 Å². The lowest BCUT2D eigenvalue weighted by Gasteiger charge is -2.26. The molecular weight excluding hydrogens is 425 g/mol. The lowest BCUT2D eigenvalue weighted by Crippen LogP contribution is -2.32. The van der Waals surface area contributed by atoms with Gasteiger partial charge in [-0.1, -0.05) is 11.8 Å². The summed E-state index contributed by atoms with van der Waals surface area (Å²) < 4.78 is 54.3. The second kappa shape index (κ2) is 7.59. The van der Waals surface area contributed by atoms with E-state index < -0.39 is 28.7 Å². The van der Waals surface area contributed by atoms with E-state index in [-0.39, 0.29) is 10.2 Å².